The van der Waals surface area contributed by atoms with Crippen LogP contribution in [0.25, 0.3) is 74.5 Å². The first-order chi connectivity index (χ1) is 67.0. The molecule has 4 aromatic heterocycles. The summed E-state index contributed by atoms with van der Waals surface area (Å²) in [6.07, 6.45) is 59.7. The summed E-state index contributed by atoms with van der Waals surface area (Å²) in [7, 11) is 0. The lowest BCUT2D eigenvalue weighted by molar-refractivity contribution is 0.103. The molecule has 8 aromatic carbocycles. The van der Waals surface area contributed by atoms with Crippen LogP contribution in [-0.4, -0.2) is 11.6 Å². The number of carbonyl (C=O) groups excluding carboxylic acids is 2. The van der Waals surface area contributed by atoms with Gasteiger partial charge in [-0.05, 0) is 189 Å². The number of allylic oxidation sites excluding steroid dienone is 6. The van der Waals surface area contributed by atoms with Crippen molar-refractivity contribution in [1.82, 2.24) is 0 Å². The van der Waals surface area contributed by atoms with E-state index in [2.05, 4.69) is 210 Å². The number of hydrogen-bond acceptors (Lipinski definition) is 10. The molecule has 0 spiro atoms. The van der Waals surface area contributed by atoms with Crippen molar-refractivity contribution in [1.29, 1.82) is 21.0 Å². The molecule has 0 amide bonds. The average Bonchev–Trinajstić information content (AvgIpc) is 1.49. The van der Waals surface area contributed by atoms with Gasteiger partial charge in [-0.3, -0.25) is 9.59 Å². The summed E-state index contributed by atoms with van der Waals surface area (Å²) in [6.45, 7) is 9.20. The van der Waals surface area contributed by atoms with Crippen molar-refractivity contribution in [2.45, 2.75) is 321 Å². The van der Waals surface area contributed by atoms with E-state index in [4.69, 9.17) is 0 Å². The minimum atomic E-state index is -0.807. The highest BCUT2D eigenvalue weighted by Crippen LogP contribution is 2.69. The third-order valence-electron chi connectivity index (χ3n) is 29.7. The van der Waals surface area contributed by atoms with Crippen LogP contribution in [0.15, 0.2) is 229 Å². The van der Waals surface area contributed by atoms with Crippen molar-refractivity contribution in [3.05, 3.63) is 327 Å². The second-order valence-corrected chi connectivity index (χ2v) is 43.3. The van der Waals surface area contributed by atoms with Gasteiger partial charge in [0.25, 0.3) is 0 Å². The van der Waals surface area contributed by atoms with Gasteiger partial charge >= 0.3 is 0 Å². The number of Topliss-reactive ketones (excluding diaryl/α,β-unsaturated/α-hetero) is 2. The van der Waals surface area contributed by atoms with Crippen LogP contribution < -0.4 is 0 Å². The zero-order valence-electron chi connectivity index (χ0n) is 81.1. The van der Waals surface area contributed by atoms with E-state index in [0.717, 1.165) is 82.0 Å². The van der Waals surface area contributed by atoms with Gasteiger partial charge in [-0.25, -0.2) is 0 Å². The molecule has 0 unspecified atom stereocenters. The van der Waals surface area contributed by atoms with Crippen LogP contribution in [0.5, 0.6) is 0 Å². The molecule has 0 N–H and O–H groups in total. The van der Waals surface area contributed by atoms with E-state index in [-0.39, 0.29) is 22.7 Å². The van der Waals surface area contributed by atoms with E-state index in [1.54, 1.807) is 34.8 Å². The summed E-state index contributed by atoms with van der Waals surface area (Å²) >= 11 is 7.25. The van der Waals surface area contributed by atoms with Gasteiger partial charge < -0.3 is 0 Å². The zero-order chi connectivity index (χ0) is 94.0. The van der Waals surface area contributed by atoms with Gasteiger partial charge in [0.05, 0.1) is 20.2 Å². The van der Waals surface area contributed by atoms with Gasteiger partial charge in [0.1, 0.15) is 35.4 Å². The van der Waals surface area contributed by atoms with Crippen molar-refractivity contribution in [2.24, 2.45) is 0 Å². The quantitative estimate of drug-likeness (QED) is 0.0212. The molecule has 696 valence electrons. The lowest BCUT2D eigenvalue weighted by atomic mass is 9.66. The van der Waals surface area contributed by atoms with E-state index in [1.165, 1.54) is 328 Å². The predicted molar refractivity (Wildman–Crippen MR) is 577 cm³/mol. The van der Waals surface area contributed by atoms with E-state index >= 15 is 0 Å². The number of unbranched alkanes of at least 4 members (excludes halogenated alkanes) is 36. The summed E-state index contributed by atoms with van der Waals surface area (Å²) < 4.78 is 2.63. The first-order valence-electron chi connectivity index (χ1n) is 52.3. The maximum atomic E-state index is 14.5. The van der Waals surface area contributed by atoms with Gasteiger partial charge in [-0.2, -0.15) is 21.0 Å². The highest BCUT2D eigenvalue weighted by Gasteiger charge is 2.54. The molecule has 4 heterocycles. The largest absolute Gasteiger partial charge is 0.289 e. The first kappa shape index (κ1) is 98.1. The number of carbonyl (C=O) groups is 2. The van der Waals surface area contributed by atoms with Gasteiger partial charge in [-0.1, -0.05) is 429 Å². The molecule has 0 radical (unpaired) electrons. The lowest BCUT2D eigenvalue weighted by Crippen LogP contribution is -2.29. The van der Waals surface area contributed by atoms with Gasteiger partial charge in [0, 0.05) is 73.8 Å². The Kier molecular flexibility index (Phi) is 34.9. The molecule has 4 aliphatic rings. The van der Waals surface area contributed by atoms with Crippen molar-refractivity contribution >= 4 is 89.6 Å². The minimum absolute atomic E-state index is 0.0710. The summed E-state index contributed by atoms with van der Waals surface area (Å²) in [5.74, 6) is -0.371. The van der Waals surface area contributed by atoms with Crippen molar-refractivity contribution < 1.29 is 9.59 Å². The maximum absolute atomic E-state index is 14.5. The molecule has 0 saturated carbocycles. The molecular weight excluding hydrogens is 1730 g/mol. The molecule has 0 saturated heterocycles. The van der Waals surface area contributed by atoms with E-state index in [9.17, 15) is 30.6 Å². The Bertz CT molecular complexity index is 5890. The highest BCUT2D eigenvalue weighted by molar-refractivity contribution is 7.32. The topological polar surface area (TPSA) is 129 Å². The number of nitrogens with zero attached hydrogens (tertiary/aromatic N) is 4. The number of ketones is 2. The highest BCUT2D eigenvalue weighted by atomic mass is 32.1. The Morgan fingerprint density at radius 2 is 0.537 bits per heavy atom. The van der Waals surface area contributed by atoms with E-state index < -0.39 is 10.8 Å². The molecule has 0 aliphatic heterocycles. The number of benzene rings is 8. The SMILES string of the molecule is CCCCCCCCCCCCc1ccc(C2(c3ccc(CCCCCCCCCCCC)cc3)c3cc(-c4ccc(/C=C5\C(=O)c6ccccc6C5=C(C#N)C#N)s4)ccc3-c3sc4c5c(sc4c32)-c2ccc(-c3ccc(/C=C4\C(=O)c6ccccc6C4=C(C#N)C#N)s3)cc2C5(c2ccc(CCCCCCCCCCCC)cc2)c2ccc(CCCCCCCCCCCC)cc2)cc1. The van der Waals surface area contributed by atoms with E-state index in [0.29, 0.717) is 44.5 Å². The number of nitriles is 4. The minimum Gasteiger partial charge on any atom is -0.289 e. The Balaban J connectivity index is 0.863. The molecule has 4 aliphatic carbocycles. The normalized spacial score (nSPS) is 14.1. The number of hydrogen-bond donors (Lipinski definition) is 0. The van der Waals surface area contributed by atoms with Gasteiger partial charge in [0.15, 0.2) is 11.6 Å². The Morgan fingerprint density at radius 3 is 0.801 bits per heavy atom. The fourth-order valence-corrected chi connectivity index (χ4v) is 27.4. The average molecular weight is 1870 g/mol. The summed E-state index contributed by atoms with van der Waals surface area (Å²) in [5, 5.41) is 41.6. The summed E-state index contributed by atoms with van der Waals surface area (Å²) in [5.41, 5.74) is 22.3. The molecule has 136 heavy (non-hydrogen) atoms. The van der Waals surface area contributed by atoms with Crippen LogP contribution in [0.4, 0.5) is 0 Å². The predicted octanol–water partition coefficient (Wildman–Crippen LogP) is 37.2. The number of rotatable bonds is 52. The zero-order valence-corrected chi connectivity index (χ0v) is 84.4. The molecular formula is C126H136N4O2S4. The molecule has 16 rings (SSSR count). The van der Waals surface area contributed by atoms with Crippen LogP contribution >= 0.6 is 45.3 Å². The van der Waals surface area contributed by atoms with Crippen molar-refractivity contribution in [3.8, 4) is 66.0 Å². The van der Waals surface area contributed by atoms with Crippen LogP contribution in [0.3, 0.4) is 0 Å². The third-order valence-corrected chi connectivity index (χ3v) is 34.5. The second-order valence-electron chi connectivity index (χ2n) is 39.0. The van der Waals surface area contributed by atoms with Crippen LogP contribution in [0.2, 0.25) is 0 Å². The molecule has 0 fully saturated rings. The van der Waals surface area contributed by atoms with Crippen LogP contribution in [-0.2, 0) is 36.5 Å². The standard InChI is InChI=1S/C126H136N4O2S4/c1-5-9-13-17-21-25-29-33-37-41-49-89-57-67-97(68-58-89)125(98-69-59-90(60-70-98)50-42-38-34-30-26-22-18-14-10-6-2)111-81-93(113-79-75-101(133-113)83-109-115(95(85-127)86-128)103-53-45-47-55-105(103)119(109)131)65-77-107(111)121-117(125)123-124(135-121)118-122(136-123)108-78-66-94(114-80-76-102(134-114)84-110-116(96(87-129)88-130)104-54-46-48-56-106(104)120(110)132)82-112(108)126(118,99-71-61-91(62-72-99)51-43-39-35-31-27-23-19-15-11-7-3)100-73-63-92(64-74-100)52-44-40-36-32-28-24-20-16-12-8-4/h45-48,53-84H,5-44,49-52H2,1-4H3/b109-83-,110-84-. The Hall–Kier alpha value is -10.9. The molecule has 0 atom stereocenters. The fourth-order valence-electron chi connectivity index (χ4n) is 22.3. The number of aryl methyl sites for hydroxylation is 4. The Labute approximate surface area is 828 Å². The van der Waals surface area contributed by atoms with Gasteiger partial charge in [-0.15, -0.1) is 45.3 Å². The summed E-state index contributed by atoms with van der Waals surface area (Å²) in [6, 6.07) is 86.1. The van der Waals surface area contributed by atoms with E-state index in [1.807, 2.05) is 71.2 Å². The molecule has 0 bridgehead atoms. The lowest BCUT2D eigenvalue weighted by Gasteiger charge is -2.35. The molecule has 6 nitrogen and oxygen atoms in total. The number of thiophene rings is 4. The van der Waals surface area contributed by atoms with Gasteiger partial charge in [0.2, 0.25) is 0 Å². The second kappa shape index (κ2) is 48.4. The number of fused-ring (bicyclic) bond motifs is 11. The summed E-state index contributed by atoms with van der Waals surface area (Å²) in [4.78, 5) is 35.4. The molecule has 10 heteroatoms. The monoisotopic (exact) mass is 1860 g/mol. The molecule has 12 aromatic rings. The van der Waals surface area contributed by atoms with Crippen molar-refractivity contribution in [2.75, 3.05) is 0 Å². The first-order valence-corrected chi connectivity index (χ1v) is 55.6. The smallest absolute Gasteiger partial charge is 0.194 e. The Morgan fingerprint density at radius 1 is 0.279 bits per heavy atom. The fraction of sp³-hybridized carbons (Fsp3) is 0.397. The van der Waals surface area contributed by atoms with Crippen LogP contribution in [0.1, 0.15) is 393 Å². The maximum Gasteiger partial charge on any atom is 0.194 e. The van der Waals surface area contributed by atoms with Crippen LogP contribution in [0, 0.1) is 45.3 Å². The van der Waals surface area contributed by atoms with Crippen molar-refractivity contribution in [3.63, 3.8) is 0 Å². The third kappa shape index (κ3) is 21.6.